The van der Waals surface area contributed by atoms with Gasteiger partial charge < -0.3 is 10.2 Å². The van der Waals surface area contributed by atoms with E-state index in [0.29, 0.717) is 6.54 Å². The van der Waals surface area contributed by atoms with Gasteiger partial charge in [-0.25, -0.2) is 0 Å². The number of amides is 1. The fourth-order valence-corrected chi connectivity index (χ4v) is 4.31. The van der Waals surface area contributed by atoms with Crippen molar-refractivity contribution in [3.63, 3.8) is 0 Å². The highest BCUT2D eigenvalue weighted by Gasteiger charge is 2.20. The van der Waals surface area contributed by atoms with E-state index in [-0.39, 0.29) is 5.91 Å². The van der Waals surface area contributed by atoms with Gasteiger partial charge in [-0.1, -0.05) is 24.3 Å². The predicted octanol–water partition coefficient (Wildman–Crippen LogP) is 3.62. The van der Waals surface area contributed by atoms with Crippen LogP contribution in [-0.4, -0.2) is 24.9 Å². The SMILES string of the molecule is CN(C)Cc1ccccc1CNC(=O)c1csc2c1CCCC2. The number of carbonyl (C=O) groups is 1. The Bertz CT molecular complexity index is 690. The minimum atomic E-state index is 0.0732. The number of carbonyl (C=O) groups excluding carboxylic acids is 1. The maximum Gasteiger partial charge on any atom is 0.252 e. The second kappa shape index (κ2) is 7.28. The molecule has 3 nitrogen and oxygen atoms in total. The van der Waals surface area contributed by atoms with Gasteiger partial charge in [0.1, 0.15) is 0 Å². The summed E-state index contributed by atoms with van der Waals surface area (Å²) in [6.07, 6.45) is 4.65. The molecule has 1 heterocycles. The number of nitrogens with one attached hydrogen (secondary N) is 1. The quantitative estimate of drug-likeness (QED) is 0.909. The van der Waals surface area contributed by atoms with Gasteiger partial charge in [-0.3, -0.25) is 4.79 Å². The van der Waals surface area contributed by atoms with Gasteiger partial charge in [0, 0.05) is 23.3 Å². The van der Waals surface area contributed by atoms with Crippen LogP contribution in [0.2, 0.25) is 0 Å². The van der Waals surface area contributed by atoms with E-state index in [4.69, 9.17) is 0 Å². The standard InChI is InChI=1S/C19H24N2OS/c1-21(2)12-15-8-4-3-7-14(15)11-20-19(22)17-13-23-18-10-6-5-9-16(17)18/h3-4,7-8,13H,5-6,9-12H2,1-2H3,(H,20,22). The molecule has 2 aromatic rings. The molecule has 0 radical (unpaired) electrons. The molecule has 0 aliphatic heterocycles. The zero-order valence-electron chi connectivity index (χ0n) is 13.9. The van der Waals surface area contributed by atoms with Gasteiger partial charge >= 0.3 is 0 Å². The highest BCUT2D eigenvalue weighted by Crippen LogP contribution is 2.30. The van der Waals surface area contributed by atoms with Gasteiger partial charge in [-0.15, -0.1) is 11.3 Å². The maximum absolute atomic E-state index is 12.6. The molecule has 1 amide bonds. The normalized spacial score (nSPS) is 13.9. The minimum Gasteiger partial charge on any atom is -0.348 e. The maximum atomic E-state index is 12.6. The molecular formula is C19H24N2OS. The third-order valence-corrected chi connectivity index (χ3v) is 5.44. The molecule has 0 atom stereocenters. The van der Waals surface area contributed by atoms with E-state index in [2.05, 4.69) is 42.5 Å². The third kappa shape index (κ3) is 3.82. The number of hydrogen-bond donors (Lipinski definition) is 1. The lowest BCUT2D eigenvalue weighted by Crippen LogP contribution is -2.25. The summed E-state index contributed by atoms with van der Waals surface area (Å²) in [6, 6.07) is 8.32. The average molecular weight is 328 g/mol. The van der Waals surface area contributed by atoms with Crippen molar-refractivity contribution in [1.82, 2.24) is 10.2 Å². The first-order chi connectivity index (χ1) is 11.1. The Morgan fingerprint density at radius 1 is 1.17 bits per heavy atom. The first-order valence-electron chi connectivity index (χ1n) is 8.24. The molecule has 0 saturated heterocycles. The van der Waals surface area contributed by atoms with Crippen molar-refractivity contribution in [1.29, 1.82) is 0 Å². The second-order valence-electron chi connectivity index (χ2n) is 6.45. The van der Waals surface area contributed by atoms with Gasteiger partial charge in [0.15, 0.2) is 0 Å². The smallest absolute Gasteiger partial charge is 0.252 e. The van der Waals surface area contributed by atoms with E-state index in [1.165, 1.54) is 34.4 Å². The van der Waals surface area contributed by atoms with Crippen LogP contribution in [-0.2, 0) is 25.9 Å². The summed E-state index contributed by atoms with van der Waals surface area (Å²) >= 11 is 1.75. The van der Waals surface area contributed by atoms with Crippen molar-refractivity contribution in [2.45, 2.75) is 38.8 Å². The van der Waals surface area contributed by atoms with Gasteiger partial charge in [-0.05, 0) is 56.5 Å². The van der Waals surface area contributed by atoms with Crippen molar-refractivity contribution >= 4 is 17.2 Å². The molecule has 3 rings (SSSR count). The van der Waals surface area contributed by atoms with Crippen LogP contribution >= 0.6 is 11.3 Å². The summed E-state index contributed by atoms with van der Waals surface area (Å²) in [4.78, 5) is 16.1. The highest BCUT2D eigenvalue weighted by molar-refractivity contribution is 7.10. The van der Waals surface area contributed by atoms with Crippen molar-refractivity contribution in [2.24, 2.45) is 0 Å². The molecule has 23 heavy (non-hydrogen) atoms. The van der Waals surface area contributed by atoms with E-state index in [0.717, 1.165) is 24.9 Å². The lowest BCUT2D eigenvalue weighted by molar-refractivity contribution is 0.0950. The summed E-state index contributed by atoms with van der Waals surface area (Å²) in [5, 5.41) is 5.15. The van der Waals surface area contributed by atoms with Crippen LogP contribution in [0.1, 0.15) is 44.8 Å². The highest BCUT2D eigenvalue weighted by atomic mass is 32.1. The topological polar surface area (TPSA) is 32.3 Å². The lowest BCUT2D eigenvalue weighted by atomic mass is 9.95. The number of aryl methyl sites for hydroxylation is 1. The zero-order valence-corrected chi connectivity index (χ0v) is 14.7. The molecule has 0 spiro atoms. The summed E-state index contributed by atoms with van der Waals surface area (Å²) in [5.41, 5.74) is 4.65. The number of rotatable bonds is 5. The van der Waals surface area contributed by atoms with Crippen LogP contribution in [0.25, 0.3) is 0 Å². The van der Waals surface area contributed by atoms with E-state index < -0.39 is 0 Å². The first-order valence-corrected chi connectivity index (χ1v) is 9.12. The molecule has 0 unspecified atom stereocenters. The fourth-order valence-electron chi connectivity index (χ4n) is 3.18. The summed E-state index contributed by atoms with van der Waals surface area (Å²) < 4.78 is 0. The van der Waals surface area contributed by atoms with Crippen LogP contribution in [0, 0.1) is 0 Å². The largest absolute Gasteiger partial charge is 0.348 e. The van der Waals surface area contributed by atoms with E-state index in [1.807, 2.05) is 11.4 Å². The number of benzene rings is 1. The second-order valence-corrected chi connectivity index (χ2v) is 7.41. The van der Waals surface area contributed by atoms with E-state index in [9.17, 15) is 4.79 Å². The lowest BCUT2D eigenvalue weighted by Gasteiger charge is -2.15. The van der Waals surface area contributed by atoms with Crippen molar-refractivity contribution in [3.8, 4) is 0 Å². The molecule has 122 valence electrons. The van der Waals surface area contributed by atoms with Crippen molar-refractivity contribution in [3.05, 3.63) is 56.8 Å². The van der Waals surface area contributed by atoms with Crippen molar-refractivity contribution in [2.75, 3.05) is 14.1 Å². The Morgan fingerprint density at radius 2 is 1.91 bits per heavy atom. The van der Waals surface area contributed by atoms with Crippen LogP contribution in [0.4, 0.5) is 0 Å². The molecular weight excluding hydrogens is 304 g/mol. The van der Waals surface area contributed by atoms with Gasteiger partial charge in [0.05, 0.1) is 5.56 Å². The number of fused-ring (bicyclic) bond motifs is 1. The Kier molecular flexibility index (Phi) is 5.13. The monoisotopic (exact) mass is 328 g/mol. The number of thiophene rings is 1. The number of hydrogen-bond acceptors (Lipinski definition) is 3. The predicted molar refractivity (Wildman–Crippen MR) is 96.0 cm³/mol. The fraction of sp³-hybridized carbons (Fsp3) is 0.421. The Morgan fingerprint density at radius 3 is 2.70 bits per heavy atom. The Labute approximate surface area is 142 Å². The molecule has 1 aliphatic carbocycles. The minimum absolute atomic E-state index is 0.0732. The van der Waals surface area contributed by atoms with Gasteiger partial charge in [0.2, 0.25) is 0 Å². The van der Waals surface area contributed by atoms with Crippen LogP contribution < -0.4 is 5.32 Å². The summed E-state index contributed by atoms with van der Waals surface area (Å²) in [7, 11) is 4.13. The Hall–Kier alpha value is -1.65. The number of nitrogens with zero attached hydrogens (tertiary/aromatic N) is 1. The molecule has 4 heteroatoms. The molecule has 1 aliphatic rings. The van der Waals surface area contributed by atoms with Gasteiger partial charge in [0.25, 0.3) is 5.91 Å². The van der Waals surface area contributed by atoms with Crippen LogP contribution in [0.15, 0.2) is 29.6 Å². The first kappa shape index (κ1) is 16.2. The van der Waals surface area contributed by atoms with Crippen molar-refractivity contribution < 1.29 is 4.79 Å². The van der Waals surface area contributed by atoms with Crippen LogP contribution in [0.5, 0.6) is 0 Å². The average Bonchev–Trinajstić information content (AvgIpc) is 2.97. The van der Waals surface area contributed by atoms with Crippen LogP contribution in [0.3, 0.4) is 0 Å². The zero-order chi connectivity index (χ0) is 16.2. The third-order valence-electron chi connectivity index (χ3n) is 4.35. The molecule has 1 aromatic carbocycles. The van der Waals surface area contributed by atoms with E-state index in [1.54, 1.807) is 11.3 Å². The molecule has 1 N–H and O–H groups in total. The van der Waals surface area contributed by atoms with E-state index >= 15 is 0 Å². The van der Waals surface area contributed by atoms with Gasteiger partial charge in [-0.2, -0.15) is 0 Å². The molecule has 1 aromatic heterocycles. The molecule has 0 bridgehead atoms. The molecule has 0 fully saturated rings. The molecule has 0 saturated carbocycles. The Balaban J connectivity index is 1.69. The summed E-state index contributed by atoms with van der Waals surface area (Å²) in [5.74, 6) is 0.0732. The summed E-state index contributed by atoms with van der Waals surface area (Å²) in [6.45, 7) is 1.48.